The lowest BCUT2D eigenvalue weighted by atomic mass is 9.91. The summed E-state index contributed by atoms with van der Waals surface area (Å²) in [6.45, 7) is 4.07. The number of alkyl halides is 1. The van der Waals surface area contributed by atoms with Gasteiger partial charge in [-0.2, -0.15) is 0 Å². The number of hydrogen-bond donors (Lipinski definition) is 1. The van der Waals surface area contributed by atoms with Crippen molar-refractivity contribution in [3.63, 3.8) is 0 Å². The number of rotatable bonds is 3. The van der Waals surface area contributed by atoms with E-state index in [1.165, 1.54) is 0 Å². The highest BCUT2D eigenvalue weighted by Crippen LogP contribution is 2.22. The molecule has 1 unspecified atom stereocenters. The Morgan fingerprint density at radius 2 is 2.00 bits per heavy atom. The highest BCUT2D eigenvalue weighted by molar-refractivity contribution is 5.85. The molecule has 1 atom stereocenters. The van der Waals surface area contributed by atoms with Gasteiger partial charge in [-0.15, -0.1) is 12.4 Å². The molecule has 0 aromatic heterocycles. The van der Waals surface area contributed by atoms with E-state index in [1.807, 2.05) is 6.92 Å². The summed E-state index contributed by atoms with van der Waals surface area (Å²) in [6.07, 6.45) is 3.25. The molecule has 1 aliphatic heterocycles. The Balaban J connectivity index is 0.00000121. The van der Waals surface area contributed by atoms with Gasteiger partial charge in [0.1, 0.15) is 6.17 Å². The number of halogens is 2. The third kappa shape index (κ3) is 3.72. The van der Waals surface area contributed by atoms with Gasteiger partial charge in [-0.3, -0.25) is 0 Å². The summed E-state index contributed by atoms with van der Waals surface area (Å²) in [5.74, 6) is 0.344. The molecular weight excluding hydrogens is 177 g/mol. The smallest absolute Gasteiger partial charge is 0.103 e. The van der Waals surface area contributed by atoms with E-state index in [4.69, 9.17) is 0 Å². The minimum Gasteiger partial charge on any atom is -0.317 e. The van der Waals surface area contributed by atoms with Crippen LogP contribution in [0.25, 0.3) is 0 Å². The highest BCUT2D eigenvalue weighted by Gasteiger charge is 2.21. The van der Waals surface area contributed by atoms with Crippen molar-refractivity contribution in [3.05, 3.63) is 0 Å². The quantitative estimate of drug-likeness (QED) is 0.730. The summed E-state index contributed by atoms with van der Waals surface area (Å²) in [7, 11) is 0. The van der Waals surface area contributed by atoms with E-state index in [9.17, 15) is 4.39 Å². The van der Waals surface area contributed by atoms with E-state index in [0.717, 1.165) is 38.8 Å². The average molecular weight is 196 g/mol. The largest absolute Gasteiger partial charge is 0.317 e. The van der Waals surface area contributed by atoms with Gasteiger partial charge in [-0.1, -0.05) is 13.3 Å². The third-order valence-electron chi connectivity index (χ3n) is 2.46. The van der Waals surface area contributed by atoms with Gasteiger partial charge < -0.3 is 5.32 Å². The van der Waals surface area contributed by atoms with Gasteiger partial charge in [0, 0.05) is 0 Å². The van der Waals surface area contributed by atoms with Crippen molar-refractivity contribution < 1.29 is 4.39 Å². The first-order valence-electron chi connectivity index (χ1n) is 4.69. The molecule has 1 nitrogen and oxygen atoms in total. The van der Waals surface area contributed by atoms with E-state index in [2.05, 4.69) is 5.32 Å². The first-order chi connectivity index (χ1) is 5.34. The molecule has 0 amide bonds. The monoisotopic (exact) mass is 195 g/mol. The molecule has 1 N–H and O–H groups in total. The Morgan fingerprint density at radius 1 is 1.42 bits per heavy atom. The van der Waals surface area contributed by atoms with Crippen molar-refractivity contribution in [3.8, 4) is 0 Å². The predicted molar refractivity (Wildman–Crippen MR) is 52.6 cm³/mol. The van der Waals surface area contributed by atoms with Gasteiger partial charge in [0.2, 0.25) is 0 Å². The normalized spacial score (nSPS) is 21.5. The minimum atomic E-state index is -0.540. The van der Waals surface area contributed by atoms with Crippen molar-refractivity contribution in [2.45, 2.75) is 38.8 Å². The fraction of sp³-hybridized carbons (Fsp3) is 1.00. The Morgan fingerprint density at radius 3 is 2.50 bits per heavy atom. The summed E-state index contributed by atoms with van der Waals surface area (Å²) in [5.41, 5.74) is 0. The van der Waals surface area contributed by atoms with Gasteiger partial charge in [0.15, 0.2) is 0 Å². The summed E-state index contributed by atoms with van der Waals surface area (Å²) in [6, 6.07) is 0. The number of hydrogen-bond acceptors (Lipinski definition) is 1. The number of piperidine rings is 1. The molecule has 0 aromatic rings. The molecule has 1 saturated heterocycles. The van der Waals surface area contributed by atoms with Crippen LogP contribution in [-0.4, -0.2) is 19.3 Å². The molecule has 3 heteroatoms. The Kier molecular flexibility index (Phi) is 6.77. The second-order valence-corrected chi connectivity index (χ2v) is 3.39. The van der Waals surface area contributed by atoms with Gasteiger partial charge in [0.25, 0.3) is 0 Å². The highest BCUT2D eigenvalue weighted by atomic mass is 35.5. The topological polar surface area (TPSA) is 12.0 Å². The molecule has 12 heavy (non-hydrogen) atoms. The third-order valence-corrected chi connectivity index (χ3v) is 2.46. The summed E-state index contributed by atoms with van der Waals surface area (Å²) in [5, 5.41) is 3.25. The molecule has 1 fully saturated rings. The standard InChI is InChI=1S/C9H18FN.ClH/c1-2-3-9(10)8-4-6-11-7-5-8;/h8-9,11H,2-7H2,1H3;1H. The van der Waals surface area contributed by atoms with Crippen LogP contribution in [0, 0.1) is 5.92 Å². The molecule has 0 bridgehead atoms. The van der Waals surface area contributed by atoms with Crippen molar-refractivity contribution in [2.24, 2.45) is 5.92 Å². The second-order valence-electron chi connectivity index (χ2n) is 3.39. The van der Waals surface area contributed by atoms with Crippen molar-refractivity contribution in [1.29, 1.82) is 0 Å². The lowest BCUT2D eigenvalue weighted by Gasteiger charge is -2.25. The Labute approximate surface area is 80.5 Å². The van der Waals surface area contributed by atoms with E-state index in [-0.39, 0.29) is 12.4 Å². The molecule has 1 aliphatic rings. The molecule has 0 spiro atoms. The van der Waals surface area contributed by atoms with E-state index in [1.54, 1.807) is 0 Å². The lowest BCUT2D eigenvalue weighted by molar-refractivity contribution is 0.176. The van der Waals surface area contributed by atoms with Crippen LogP contribution in [0.2, 0.25) is 0 Å². The van der Waals surface area contributed by atoms with Crippen LogP contribution < -0.4 is 5.32 Å². The summed E-state index contributed by atoms with van der Waals surface area (Å²) < 4.78 is 13.3. The van der Waals surface area contributed by atoms with E-state index in [0.29, 0.717) is 5.92 Å². The fourth-order valence-corrected chi connectivity index (χ4v) is 1.72. The summed E-state index contributed by atoms with van der Waals surface area (Å²) >= 11 is 0. The van der Waals surface area contributed by atoms with Crippen molar-refractivity contribution >= 4 is 12.4 Å². The Bertz CT molecular complexity index is 105. The van der Waals surface area contributed by atoms with Crippen molar-refractivity contribution in [2.75, 3.05) is 13.1 Å². The molecule has 0 radical (unpaired) electrons. The average Bonchev–Trinajstić information content (AvgIpc) is 2.07. The Hall–Kier alpha value is 0.180. The SMILES string of the molecule is CCCC(F)C1CCNCC1.Cl. The first kappa shape index (κ1) is 12.2. The second kappa shape index (κ2) is 6.67. The maximum Gasteiger partial charge on any atom is 0.103 e. The minimum absolute atomic E-state index is 0. The zero-order chi connectivity index (χ0) is 8.10. The van der Waals surface area contributed by atoms with Crippen molar-refractivity contribution in [1.82, 2.24) is 5.32 Å². The van der Waals surface area contributed by atoms with Crippen LogP contribution in [-0.2, 0) is 0 Å². The van der Waals surface area contributed by atoms with Crippen LogP contribution in [0.15, 0.2) is 0 Å². The molecule has 0 aromatic carbocycles. The molecule has 1 rings (SSSR count). The van der Waals surface area contributed by atoms with Gasteiger partial charge in [-0.05, 0) is 38.3 Å². The number of nitrogens with one attached hydrogen (secondary N) is 1. The van der Waals surface area contributed by atoms with Crippen LogP contribution in [0.4, 0.5) is 4.39 Å². The lowest BCUT2D eigenvalue weighted by Crippen LogP contribution is -2.32. The van der Waals surface area contributed by atoms with Gasteiger partial charge >= 0.3 is 0 Å². The van der Waals surface area contributed by atoms with Crippen LogP contribution >= 0.6 is 12.4 Å². The predicted octanol–water partition coefficient (Wildman–Crippen LogP) is 2.55. The zero-order valence-corrected chi connectivity index (χ0v) is 8.50. The maximum absolute atomic E-state index is 13.3. The maximum atomic E-state index is 13.3. The molecular formula is C9H19ClFN. The van der Waals surface area contributed by atoms with Crippen LogP contribution in [0.3, 0.4) is 0 Å². The molecule has 0 saturated carbocycles. The van der Waals surface area contributed by atoms with E-state index >= 15 is 0 Å². The van der Waals surface area contributed by atoms with Gasteiger partial charge in [0.05, 0.1) is 0 Å². The molecule has 0 aliphatic carbocycles. The zero-order valence-electron chi connectivity index (χ0n) is 7.68. The summed E-state index contributed by atoms with van der Waals surface area (Å²) in [4.78, 5) is 0. The molecule has 1 heterocycles. The molecule has 74 valence electrons. The van der Waals surface area contributed by atoms with Crippen LogP contribution in [0.1, 0.15) is 32.6 Å². The van der Waals surface area contributed by atoms with Gasteiger partial charge in [-0.25, -0.2) is 4.39 Å². The first-order valence-corrected chi connectivity index (χ1v) is 4.69. The van der Waals surface area contributed by atoms with E-state index < -0.39 is 6.17 Å². The fourth-order valence-electron chi connectivity index (χ4n) is 1.72. The van der Waals surface area contributed by atoms with Crippen LogP contribution in [0.5, 0.6) is 0 Å².